The van der Waals surface area contributed by atoms with Crippen molar-refractivity contribution in [1.29, 1.82) is 0 Å². The van der Waals surface area contributed by atoms with E-state index in [2.05, 4.69) is 30.7 Å². The van der Waals surface area contributed by atoms with Gasteiger partial charge in [-0.05, 0) is 33.7 Å². The molecule has 2 N–H and O–H groups in total. The second kappa shape index (κ2) is 5.22. The average Bonchev–Trinajstić information content (AvgIpc) is 2.98. The molecule has 4 nitrogen and oxygen atoms in total. The van der Waals surface area contributed by atoms with Gasteiger partial charge in [0.1, 0.15) is 0 Å². The molecule has 100 valence electrons. The first-order valence-electron chi connectivity index (χ1n) is 6.84. The van der Waals surface area contributed by atoms with Crippen molar-refractivity contribution < 1.29 is 4.74 Å². The smallest absolute Gasteiger partial charge is 0.0622 e. The largest absolute Gasteiger partial charge is 0.380 e. The molecule has 2 atom stereocenters. The summed E-state index contributed by atoms with van der Waals surface area (Å²) in [6.07, 6.45) is 2.34. The second-order valence-electron chi connectivity index (χ2n) is 5.87. The predicted octanol–water partition coefficient (Wildman–Crippen LogP) is 0.519. The third kappa shape index (κ3) is 2.50. The fourth-order valence-electron chi connectivity index (χ4n) is 3.14. The molecule has 17 heavy (non-hydrogen) atoms. The van der Waals surface area contributed by atoms with E-state index in [9.17, 15) is 0 Å². The number of hydrogen-bond donors (Lipinski definition) is 1. The number of ether oxygens (including phenoxy) is 1. The molecule has 2 rings (SSSR count). The Hall–Kier alpha value is -0.160. The van der Waals surface area contributed by atoms with Crippen LogP contribution in [0.25, 0.3) is 0 Å². The lowest BCUT2D eigenvalue weighted by molar-refractivity contribution is 0.0678. The van der Waals surface area contributed by atoms with Crippen molar-refractivity contribution in [3.63, 3.8) is 0 Å². The highest BCUT2D eigenvalue weighted by Gasteiger charge is 2.43. The number of nitrogens with two attached hydrogens (primary N) is 1. The Balaban J connectivity index is 2.04. The van der Waals surface area contributed by atoms with Gasteiger partial charge in [0, 0.05) is 43.9 Å². The van der Waals surface area contributed by atoms with Gasteiger partial charge < -0.3 is 10.5 Å². The maximum absolute atomic E-state index is 6.09. The Morgan fingerprint density at radius 1 is 1.53 bits per heavy atom. The van der Waals surface area contributed by atoms with Crippen LogP contribution in [-0.4, -0.2) is 67.3 Å². The number of nitrogens with zero attached hydrogens (tertiary/aromatic N) is 2. The molecule has 0 amide bonds. The molecular weight excluding hydrogens is 214 g/mol. The summed E-state index contributed by atoms with van der Waals surface area (Å²) in [5.41, 5.74) is 6.26. The molecular formula is C13H27N3O. The molecule has 0 saturated carbocycles. The van der Waals surface area contributed by atoms with Gasteiger partial charge in [-0.1, -0.05) is 0 Å². The topological polar surface area (TPSA) is 41.7 Å². The number of likely N-dealkylation sites (N-methyl/N-ethyl adjacent to an activating group) is 1. The van der Waals surface area contributed by atoms with Crippen LogP contribution in [0.5, 0.6) is 0 Å². The van der Waals surface area contributed by atoms with Gasteiger partial charge in [0.25, 0.3) is 0 Å². The monoisotopic (exact) mass is 241 g/mol. The summed E-state index contributed by atoms with van der Waals surface area (Å²) in [6.45, 7) is 9.35. The average molecular weight is 241 g/mol. The van der Waals surface area contributed by atoms with E-state index in [0.717, 1.165) is 32.7 Å². The van der Waals surface area contributed by atoms with Gasteiger partial charge in [-0.2, -0.15) is 0 Å². The normalized spacial score (nSPS) is 35.3. The molecule has 2 unspecified atom stereocenters. The standard InChI is InChI=1S/C13H27N3O/c1-11(2)16-6-5-13(9-14,10-16)15(3)12-4-7-17-8-12/h11-12H,4-10,14H2,1-3H3. The first kappa shape index (κ1) is 13.3. The lowest BCUT2D eigenvalue weighted by atomic mass is 9.94. The third-order valence-corrected chi connectivity index (χ3v) is 4.67. The summed E-state index contributed by atoms with van der Waals surface area (Å²) in [6, 6.07) is 1.18. The molecule has 2 aliphatic heterocycles. The molecule has 4 heteroatoms. The zero-order valence-corrected chi connectivity index (χ0v) is 11.5. The Morgan fingerprint density at radius 2 is 2.29 bits per heavy atom. The number of likely N-dealkylation sites (tertiary alicyclic amines) is 1. The van der Waals surface area contributed by atoms with Crippen LogP contribution in [0, 0.1) is 0 Å². The molecule has 0 bridgehead atoms. The SMILES string of the molecule is CC(C)N1CCC(CN)(N(C)C2CCOC2)C1. The maximum Gasteiger partial charge on any atom is 0.0622 e. The van der Waals surface area contributed by atoms with Crippen molar-refractivity contribution >= 4 is 0 Å². The quantitative estimate of drug-likeness (QED) is 0.779. The van der Waals surface area contributed by atoms with Crippen LogP contribution in [0.2, 0.25) is 0 Å². The van der Waals surface area contributed by atoms with Crippen molar-refractivity contribution in [3.8, 4) is 0 Å². The van der Waals surface area contributed by atoms with Crippen LogP contribution in [0.1, 0.15) is 26.7 Å². The lowest BCUT2D eigenvalue weighted by Crippen LogP contribution is -2.58. The Bertz CT molecular complexity index is 253. The van der Waals surface area contributed by atoms with Crippen LogP contribution in [-0.2, 0) is 4.74 Å². The summed E-state index contributed by atoms with van der Waals surface area (Å²) in [7, 11) is 2.23. The minimum absolute atomic E-state index is 0.169. The van der Waals surface area contributed by atoms with E-state index in [1.807, 2.05) is 0 Å². The minimum Gasteiger partial charge on any atom is -0.380 e. The fraction of sp³-hybridized carbons (Fsp3) is 1.00. The Kier molecular flexibility index (Phi) is 4.08. The zero-order valence-electron chi connectivity index (χ0n) is 11.5. The Labute approximate surface area is 105 Å². The van der Waals surface area contributed by atoms with E-state index >= 15 is 0 Å². The first-order valence-corrected chi connectivity index (χ1v) is 6.84. The van der Waals surface area contributed by atoms with Crippen LogP contribution >= 0.6 is 0 Å². The highest BCUT2D eigenvalue weighted by atomic mass is 16.5. The van der Waals surface area contributed by atoms with Crippen LogP contribution < -0.4 is 5.73 Å². The van der Waals surface area contributed by atoms with Gasteiger partial charge in [0.2, 0.25) is 0 Å². The summed E-state index contributed by atoms with van der Waals surface area (Å²) < 4.78 is 5.51. The molecule has 0 aromatic heterocycles. The van der Waals surface area contributed by atoms with Gasteiger partial charge in [0.05, 0.1) is 6.61 Å². The van der Waals surface area contributed by atoms with Gasteiger partial charge in [0.15, 0.2) is 0 Å². The predicted molar refractivity (Wildman–Crippen MR) is 70.1 cm³/mol. The zero-order chi connectivity index (χ0) is 12.5. The molecule has 2 saturated heterocycles. The van der Waals surface area contributed by atoms with Crippen molar-refractivity contribution in [2.24, 2.45) is 5.73 Å². The number of rotatable bonds is 4. The molecule has 2 heterocycles. The van der Waals surface area contributed by atoms with Crippen LogP contribution in [0.15, 0.2) is 0 Å². The molecule has 0 aromatic carbocycles. The third-order valence-electron chi connectivity index (χ3n) is 4.67. The summed E-state index contributed by atoms with van der Waals surface area (Å²) in [5, 5.41) is 0. The second-order valence-corrected chi connectivity index (χ2v) is 5.87. The van der Waals surface area contributed by atoms with E-state index in [4.69, 9.17) is 10.5 Å². The molecule has 0 aliphatic carbocycles. The van der Waals surface area contributed by atoms with Gasteiger partial charge in [-0.3, -0.25) is 9.80 Å². The van der Waals surface area contributed by atoms with Crippen molar-refractivity contribution in [1.82, 2.24) is 9.80 Å². The summed E-state index contributed by atoms with van der Waals surface area (Å²) in [5.74, 6) is 0. The van der Waals surface area contributed by atoms with E-state index in [0.29, 0.717) is 12.1 Å². The molecule has 2 aliphatic rings. The highest BCUT2D eigenvalue weighted by Crippen LogP contribution is 2.30. The van der Waals surface area contributed by atoms with Crippen LogP contribution in [0.4, 0.5) is 0 Å². The van der Waals surface area contributed by atoms with Crippen molar-refractivity contribution in [2.45, 2.75) is 44.3 Å². The van der Waals surface area contributed by atoms with Crippen molar-refractivity contribution in [3.05, 3.63) is 0 Å². The van der Waals surface area contributed by atoms with Gasteiger partial charge in [-0.25, -0.2) is 0 Å². The summed E-state index contributed by atoms with van der Waals surface area (Å²) >= 11 is 0. The van der Waals surface area contributed by atoms with E-state index in [-0.39, 0.29) is 5.54 Å². The summed E-state index contributed by atoms with van der Waals surface area (Å²) in [4.78, 5) is 5.04. The van der Waals surface area contributed by atoms with Gasteiger partial charge in [-0.15, -0.1) is 0 Å². The fourth-order valence-corrected chi connectivity index (χ4v) is 3.14. The number of hydrogen-bond acceptors (Lipinski definition) is 4. The molecule has 0 spiro atoms. The first-order chi connectivity index (χ1) is 8.09. The van der Waals surface area contributed by atoms with E-state index < -0.39 is 0 Å². The molecule has 2 fully saturated rings. The minimum atomic E-state index is 0.169. The van der Waals surface area contributed by atoms with E-state index in [1.165, 1.54) is 13.0 Å². The van der Waals surface area contributed by atoms with E-state index in [1.54, 1.807) is 0 Å². The lowest BCUT2D eigenvalue weighted by Gasteiger charge is -2.41. The highest BCUT2D eigenvalue weighted by molar-refractivity contribution is 5.02. The Morgan fingerprint density at radius 3 is 2.76 bits per heavy atom. The maximum atomic E-state index is 6.09. The van der Waals surface area contributed by atoms with Crippen LogP contribution in [0.3, 0.4) is 0 Å². The molecule has 0 radical (unpaired) electrons. The van der Waals surface area contributed by atoms with Gasteiger partial charge >= 0.3 is 0 Å². The van der Waals surface area contributed by atoms with Crippen molar-refractivity contribution in [2.75, 3.05) is 39.9 Å². The molecule has 0 aromatic rings.